The van der Waals surface area contributed by atoms with Crippen LogP contribution < -0.4 is 5.73 Å². The molecule has 3 nitrogen and oxygen atoms in total. The van der Waals surface area contributed by atoms with Crippen LogP contribution in [0.1, 0.15) is 11.7 Å². The highest BCUT2D eigenvalue weighted by molar-refractivity contribution is 5.85. The van der Waals surface area contributed by atoms with Gasteiger partial charge in [-0.2, -0.15) is 0 Å². The van der Waals surface area contributed by atoms with Crippen molar-refractivity contribution in [2.45, 2.75) is 6.10 Å². The van der Waals surface area contributed by atoms with E-state index in [0.29, 0.717) is 0 Å². The zero-order valence-electron chi connectivity index (χ0n) is 8.54. The maximum absolute atomic E-state index is 9.67. The van der Waals surface area contributed by atoms with Gasteiger partial charge in [-0.25, -0.2) is 0 Å². The number of aliphatic hydroxyl groups excluding tert-OH is 1. The summed E-state index contributed by atoms with van der Waals surface area (Å²) in [6.07, 6.45) is 1.08. The third kappa shape index (κ3) is 2.83. The van der Waals surface area contributed by atoms with E-state index in [-0.39, 0.29) is 31.4 Å². The van der Waals surface area contributed by atoms with Gasteiger partial charge in [0.15, 0.2) is 0 Å². The summed E-state index contributed by atoms with van der Waals surface area (Å²) in [6.45, 7) is 0.230. The number of fused-ring (bicyclic) bond motifs is 1. The molecule has 0 amide bonds. The fraction of sp³-hybridized carbons (Fsp3) is 0.182. The Balaban J connectivity index is 0.00000112. The van der Waals surface area contributed by atoms with Crippen molar-refractivity contribution >= 4 is 35.7 Å². The molecule has 0 aliphatic carbocycles. The Morgan fingerprint density at radius 2 is 1.88 bits per heavy atom. The Bertz CT molecular complexity index is 445. The number of pyridine rings is 1. The van der Waals surface area contributed by atoms with Crippen LogP contribution in [0.15, 0.2) is 36.5 Å². The Hall–Kier alpha value is -0.870. The molecule has 5 heteroatoms. The first-order valence-electron chi connectivity index (χ1n) is 4.54. The predicted octanol–water partition coefficient (Wildman–Crippen LogP) is 2.07. The van der Waals surface area contributed by atoms with E-state index in [9.17, 15) is 5.11 Å². The summed E-state index contributed by atoms with van der Waals surface area (Å²) in [4.78, 5) is 4.21. The third-order valence-electron chi connectivity index (χ3n) is 2.27. The molecule has 1 atom stereocenters. The Morgan fingerprint density at radius 1 is 1.19 bits per heavy atom. The second kappa shape index (κ2) is 6.66. The van der Waals surface area contributed by atoms with Gasteiger partial charge in [-0.05, 0) is 17.7 Å². The zero-order valence-corrected chi connectivity index (χ0v) is 10.2. The van der Waals surface area contributed by atoms with Gasteiger partial charge in [-0.15, -0.1) is 24.8 Å². The number of nitrogens with zero attached hydrogens (tertiary/aromatic N) is 1. The predicted molar refractivity (Wildman–Crippen MR) is 70.3 cm³/mol. The van der Waals surface area contributed by atoms with Crippen molar-refractivity contribution in [3.8, 4) is 0 Å². The van der Waals surface area contributed by atoms with E-state index in [4.69, 9.17) is 5.73 Å². The fourth-order valence-electron chi connectivity index (χ4n) is 1.54. The van der Waals surface area contributed by atoms with Crippen LogP contribution in [0, 0.1) is 0 Å². The summed E-state index contributed by atoms with van der Waals surface area (Å²) in [5, 5.41) is 10.6. The summed E-state index contributed by atoms with van der Waals surface area (Å²) in [5.74, 6) is 0. The first kappa shape index (κ1) is 15.1. The van der Waals surface area contributed by atoms with E-state index in [2.05, 4.69) is 4.98 Å². The average Bonchev–Trinajstić information content (AvgIpc) is 2.27. The van der Waals surface area contributed by atoms with Crippen LogP contribution in [0.4, 0.5) is 0 Å². The van der Waals surface area contributed by atoms with Crippen molar-refractivity contribution in [3.63, 3.8) is 0 Å². The van der Waals surface area contributed by atoms with Crippen LogP contribution in [-0.4, -0.2) is 16.6 Å². The van der Waals surface area contributed by atoms with Crippen LogP contribution in [0.3, 0.4) is 0 Å². The van der Waals surface area contributed by atoms with Gasteiger partial charge in [0.05, 0.1) is 11.6 Å². The summed E-state index contributed by atoms with van der Waals surface area (Å²) in [6, 6.07) is 9.52. The van der Waals surface area contributed by atoms with Crippen molar-refractivity contribution in [2.24, 2.45) is 5.73 Å². The number of hydrogen-bond acceptors (Lipinski definition) is 3. The summed E-state index contributed by atoms with van der Waals surface area (Å²) in [7, 11) is 0. The molecule has 0 saturated heterocycles. The lowest BCUT2D eigenvalue weighted by molar-refractivity contribution is 0.188. The first-order chi connectivity index (χ1) is 6.83. The minimum atomic E-state index is -0.608. The van der Waals surface area contributed by atoms with Crippen molar-refractivity contribution in [2.75, 3.05) is 6.54 Å². The number of halogens is 2. The second-order valence-electron chi connectivity index (χ2n) is 3.17. The highest BCUT2D eigenvalue weighted by Gasteiger charge is 2.08. The molecule has 0 fully saturated rings. The van der Waals surface area contributed by atoms with Crippen molar-refractivity contribution in [3.05, 3.63) is 42.1 Å². The van der Waals surface area contributed by atoms with Crippen LogP contribution in [0.2, 0.25) is 0 Å². The molecule has 1 heterocycles. The first-order valence-corrected chi connectivity index (χ1v) is 4.54. The van der Waals surface area contributed by atoms with Crippen molar-refractivity contribution in [1.29, 1.82) is 0 Å². The maximum Gasteiger partial charge on any atom is 0.0919 e. The molecule has 0 aliphatic heterocycles. The molecule has 0 bridgehead atoms. The number of para-hydroxylation sites is 1. The lowest BCUT2D eigenvalue weighted by Gasteiger charge is -2.10. The maximum atomic E-state index is 9.67. The Labute approximate surface area is 107 Å². The highest BCUT2D eigenvalue weighted by Crippen LogP contribution is 2.21. The number of benzene rings is 1. The van der Waals surface area contributed by atoms with Gasteiger partial charge in [0.1, 0.15) is 0 Å². The quantitative estimate of drug-likeness (QED) is 0.870. The topological polar surface area (TPSA) is 59.1 Å². The summed E-state index contributed by atoms with van der Waals surface area (Å²) < 4.78 is 0. The Kier molecular flexibility index (Phi) is 6.29. The van der Waals surface area contributed by atoms with Crippen molar-refractivity contribution < 1.29 is 5.11 Å². The molecule has 3 N–H and O–H groups in total. The van der Waals surface area contributed by atoms with E-state index >= 15 is 0 Å². The molecule has 2 rings (SSSR count). The molecule has 16 heavy (non-hydrogen) atoms. The van der Waals surface area contributed by atoms with Gasteiger partial charge in [-0.1, -0.05) is 18.2 Å². The number of hydrogen-bond donors (Lipinski definition) is 2. The summed E-state index contributed by atoms with van der Waals surface area (Å²) in [5.41, 5.74) is 7.16. The SMILES string of the molecule is Cl.Cl.NCC(O)c1ccnc2ccccc12. The lowest BCUT2D eigenvalue weighted by atomic mass is 10.0. The number of rotatable bonds is 2. The molecule has 1 unspecified atom stereocenters. The normalized spacial score (nSPS) is 11.4. The van der Waals surface area contributed by atoms with Crippen LogP contribution in [-0.2, 0) is 0 Å². The number of aromatic nitrogens is 1. The molecule has 0 spiro atoms. The Morgan fingerprint density at radius 3 is 2.56 bits per heavy atom. The molecule has 0 radical (unpaired) electrons. The van der Waals surface area contributed by atoms with Crippen molar-refractivity contribution in [1.82, 2.24) is 4.98 Å². The lowest BCUT2D eigenvalue weighted by Crippen LogP contribution is -2.11. The average molecular weight is 261 g/mol. The highest BCUT2D eigenvalue weighted by atomic mass is 35.5. The van der Waals surface area contributed by atoms with E-state index in [1.807, 2.05) is 24.3 Å². The molecule has 0 saturated carbocycles. The number of aliphatic hydroxyl groups is 1. The molecule has 1 aromatic heterocycles. The van der Waals surface area contributed by atoms with Crippen LogP contribution >= 0.6 is 24.8 Å². The van der Waals surface area contributed by atoms with Crippen LogP contribution in [0.5, 0.6) is 0 Å². The van der Waals surface area contributed by atoms with Gasteiger partial charge < -0.3 is 10.8 Å². The minimum Gasteiger partial charge on any atom is -0.387 e. The van der Waals surface area contributed by atoms with E-state index in [0.717, 1.165) is 16.5 Å². The monoisotopic (exact) mass is 260 g/mol. The van der Waals surface area contributed by atoms with Gasteiger partial charge in [0, 0.05) is 18.1 Å². The smallest absolute Gasteiger partial charge is 0.0919 e. The molecule has 0 aliphatic rings. The molecular formula is C11H14Cl2N2O. The largest absolute Gasteiger partial charge is 0.387 e. The van der Waals surface area contributed by atoms with E-state index in [1.165, 1.54) is 0 Å². The van der Waals surface area contributed by atoms with Gasteiger partial charge in [-0.3, -0.25) is 4.98 Å². The van der Waals surface area contributed by atoms with Gasteiger partial charge in [0.2, 0.25) is 0 Å². The van der Waals surface area contributed by atoms with E-state index in [1.54, 1.807) is 12.3 Å². The molecule has 88 valence electrons. The second-order valence-corrected chi connectivity index (χ2v) is 3.17. The minimum absolute atomic E-state index is 0. The molecule has 2 aromatic rings. The van der Waals surface area contributed by atoms with Gasteiger partial charge >= 0.3 is 0 Å². The van der Waals surface area contributed by atoms with Crippen LogP contribution in [0.25, 0.3) is 10.9 Å². The summed E-state index contributed by atoms with van der Waals surface area (Å²) >= 11 is 0. The zero-order chi connectivity index (χ0) is 9.97. The third-order valence-corrected chi connectivity index (χ3v) is 2.27. The van der Waals surface area contributed by atoms with Gasteiger partial charge in [0.25, 0.3) is 0 Å². The van der Waals surface area contributed by atoms with E-state index < -0.39 is 6.10 Å². The molecular weight excluding hydrogens is 247 g/mol. The molecule has 1 aromatic carbocycles. The standard InChI is InChI=1S/C11H12N2O.2ClH/c12-7-11(14)9-5-6-13-10-4-2-1-3-8(9)10;;/h1-6,11,14H,7,12H2;2*1H. The fourth-order valence-corrected chi connectivity index (χ4v) is 1.54. The number of nitrogens with two attached hydrogens (primary N) is 1.